The Bertz CT molecular complexity index is 1400. The topological polar surface area (TPSA) is 167 Å². The molecule has 3 saturated carbocycles. The van der Waals surface area contributed by atoms with Gasteiger partial charge in [-0.3, -0.25) is 9.59 Å². The molecule has 14 atom stereocenters. The van der Waals surface area contributed by atoms with Crippen molar-refractivity contribution in [3.8, 4) is 0 Å². The third-order valence-corrected chi connectivity index (χ3v) is 12.7. The van der Waals surface area contributed by atoms with Gasteiger partial charge < -0.3 is 43.7 Å². The first-order chi connectivity index (χ1) is 21.0. The molecule has 0 amide bonds. The molecule has 0 spiro atoms. The van der Waals surface area contributed by atoms with Crippen LogP contribution in [-0.2, 0) is 42.8 Å². The van der Waals surface area contributed by atoms with Gasteiger partial charge in [0.1, 0.15) is 30.0 Å². The first-order valence-corrected chi connectivity index (χ1v) is 16.1. The summed E-state index contributed by atoms with van der Waals surface area (Å²) in [6, 6.07) is 0. The van der Waals surface area contributed by atoms with Gasteiger partial charge in [-0.2, -0.15) is 0 Å². The van der Waals surface area contributed by atoms with E-state index in [0.29, 0.717) is 12.0 Å². The number of aliphatic hydroxyl groups is 3. The van der Waals surface area contributed by atoms with Crippen LogP contribution >= 0.6 is 11.6 Å². The minimum absolute atomic E-state index is 0.0156. The van der Waals surface area contributed by atoms with E-state index in [0.717, 1.165) is 5.57 Å². The molecule has 0 bridgehead atoms. The summed E-state index contributed by atoms with van der Waals surface area (Å²) < 4.78 is 35.1. The van der Waals surface area contributed by atoms with Gasteiger partial charge in [0.25, 0.3) is 0 Å². The average Bonchev–Trinajstić information content (AvgIpc) is 3.51. The number of ketones is 1. The normalized spacial score (nSPS) is 53.6. The highest BCUT2D eigenvalue weighted by atomic mass is 35.5. The molecule has 3 N–H and O–H groups in total. The quantitative estimate of drug-likeness (QED) is 0.228. The Hall–Kier alpha value is -1.90. The second kappa shape index (κ2) is 10.1. The van der Waals surface area contributed by atoms with Crippen molar-refractivity contribution in [3.63, 3.8) is 0 Å². The Balaban J connectivity index is 1.34. The number of alkyl halides is 1. The highest BCUT2D eigenvalue weighted by Gasteiger charge is 2.82. The highest BCUT2D eigenvalue weighted by molar-refractivity contribution is 6.22. The SMILES string of the molecule is CO[C@@H]1C[C@@H](C)O[C@H]2O[C@@H]3C=C4C[C@@H](Cl)[C@]5(O)[C@H]([C@H](OC(C)=O)C(=O)[C@]6(C)[C@@H](C7=CC(=O)OC7)CC[C@]56O)[C@@]4(C)C[C@H]3O[C@]21O. The molecule has 45 heavy (non-hydrogen) atoms. The summed E-state index contributed by atoms with van der Waals surface area (Å²) in [5, 5.41) is 36.3. The Morgan fingerprint density at radius 2 is 1.89 bits per heavy atom. The van der Waals surface area contributed by atoms with E-state index >= 15 is 0 Å². The molecule has 0 unspecified atom stereocenters. The van der Waals surface area contributed by atoms with Crippen LogP contribution in [0, 0.1) is 22.7 Å². The Labute approximate surface area is 265 Å². The summed E-state index contributed by atoms with van der Waals surface area (Å²) in [5.41, 5.74) is -5.64. The zero-order valence-electron chi connectivity index (χ0n) is 26.0. The molecular weight excluding hydrogens is 612 g/mol. The second-order valence-corrected chi connectivity index (χ2v) is 14.9. The largest absolute Gasteiger partial charge is 0.458 e. The number of hydrogen-bond acceptors (Lipinski definition) is 12. The third kappa shape index (κ3) is 3.94. The lowest BCUT2D eigenvalue weighted by molar-refractivity contribution is -0.450. The summed E-state index contributed by atoms with van der Waals surface area (Å²) in [6.45, 7) is 6.42. The van der Waals surface area contributed by atoms with Crippen LogP contribution in [-0.4, -0.2) is 106 Å². The molecule has 13 heteroatoms. The first-order valence-electron chi connectivity index (χ1n) is 15.7. The number of allylic oxidation sites excluding steroid dienone is 1. The van der Waals surface area contributed by atoms with Gasteiger partial charge in [0.05, 0.1) is 23.0 Å². The number of ether oxygens (including phenoxy) is 6. The van der Waals surface area contributed by atoms with Gasteiger partial charge in [0, 0.05) is 37.9 Å². The van der Waals surface area contributed by atoms with Crippen LogP contribution in [0.1, 0.15) is 59.8 Å². The fourth-order valence-electron chi connectivity index (χ4n) is 10.1. The molecule has 5 fully saturated rings. The number of carbonyl (C=O) groups is 3. The van der Waals surface area contributed by atoms with Crippen LogP contribution in [0.15, 0.2) is 23.3 Å². The lowest BCUT2D eigenvalue weighted by Crippen LogP contribution is -2.82. The Morgan fingerprint density at radius 3 is 2.53 bits per heavy atom. The maximum Gasteiger partial charge on any atom is 0.331 e. The molecule has 0 aromatic rings. The zero-order valence-corrected chi connectivity index (χ0v) is 26.7. The number of hydrogen-bond donors (Lipinski definition) is 3. The number of fused-ring (bicyclic) bond motifs is 7. The fraction of sp³-hybridized carbons (Fsp3) is 0.781. The van der Waals surface area contributed by atoms with Crippen LogP contribution in [0.2, 0.25) is 0 Å². The minimum Gasteiger partial charge on any atom is -0.458 e. The number of esters is 2. The number of methoxy groups -OCH3 is 1. The predicted octanol–water partition coefficient (Wildman–Crippen LogP) is 1.45. The third-order valence-electron chi connectivity index (χ3n) is 12.2. The molecule has 0 aromatic carbocycles. The minimum atomic E-state index is -2.12. The van der Waals surface area contributed by atoms with Gasteiger partial charge in [0.15, 0.2) is 11.9 Å². The Kier molecular flexibility index (Phi) is 7.08. The van der Waals surface area contributed by atoms with Crippen molar-refractivity contribution in [2.24, 2.45) is 22.7 Å². The molecule has 4 aliphatic carbocycles. The fourth-order valence-corrected chi connectivity index (χ4v) is 10.6. The average molecular weight is 653 g/mol. The molecule has 3 heterocycles. The van der Waals surface area contributed by atoms with Crippen molar-refractivity contribution >= 4 is 29.3 Å². The summed E-state index contributed by atoms with van der Waals surface area (Å²) in [6.07, 6.45) is -0.950. The van der Waals surface area contributed by atoms with Crippen molar-refractivity contribution in [1.29, 1.82) is 0 Å². The van der Waals surface area contributed by atoms with Crippen LogP contribution in [0.5, 0.6) is 0 Å². The van der Waals surface area contributed by atoms with E-state index < -0.39 is 93.5 Å². The number of Topliss-reactive ketones (excluding diaryl/α,β-unsaturated/α-hetero) is 1. The molecule has 3 aliphatic heterocycles. The highest BCUT2D eigenvalue weighted by Crippen LogP contribution is 2.71. The molecule has 7 rings (SSSR count). The van der Waals surface area contributed by atoms with E-state index in [1.54, 1.807) is 6.92 Å². The van der Waals surface area contributed by atoms with Gasteiger partial charge in [-0.25, -0.2) is 4.79 Å². The molecular formula is C32H41ClO12. The molecule has 0 radical (unpaired) electrons. The van der Waals surface area contributed by atoms with Gasteiger partial charge in [-0.05, 0) is 51.0 Å². The van der Waals surface area contributed by atoms with Crippen molar-refractivity contribution in [2.75, 3.05) is 13.7 Å². The predicted molar refractivity (Wildman–Crippen MR) is 153 cm³/mol. The van der Waals surface area contributed by atoms with Gasteiger partial charge in [0.2, 0.25) is 12.1 Å². The second-order valence-electron chi connectivity index (χ2n) is 14.4. The summed E-state index contributed by atoms with van der Waals surface area (Å²) in [4.78, 5) is 39.4. The standard InChI is InChI=1S/C32H41ClO12/c1-14-8-22(40-5)32(39)27(42-14)44-19-10-17-11-21(33)31(38)25(28(17,3)12-20(19)45-32)24(43-15(2)34)26(36)29(4)18(6-7-30(29,31)37)16-9-23(35)41-13-16/h9-10,14,18-22,24-25,27,37-39H,6-8,11-13H2,1-5H3/t14-,18-,19-,20-,21-,22-,24+,25-,27+,28+,29+,30-,31+,32+/m1/s1. The number of cyclic esters (lactones) is 1. The maximum atomic E-state index is 14.8. The molecule has 2 saturated heterocycles. The lowest BCUT2D eigenvalue weighted by atomic mass is 9.41. The molecule has 12 nitrogen and oxygen atoms in total. The van der Waals surface area contributed by atoms with Gasteiger partial charge in [-0.15, -0.1) is 11.6 Å². The van der Waals surface area contributed by atoms with Crippen molar-refractivity contribution in [1.82, 2.24) is 0 Å². The summed E-state index contributed by atoms with van der Waals surface area (Å²) in [7, 11) is 1.47. The zero-order chi connectivity index (χ0) is 32.5. The van der Waals surface area contributed by atoms with Crippen LogP contribution < -0.4 is 0 Å². The first kappa shape index (κ1) is 31.7. The number of rotatable bonds is 3. The number of halogens is 1. The summed E-state index contributed by atoms with van der Waals surface area (Å²) >= 11 is 7.13. The lowest BCUT2D eigenvalue weighted by Gasteiger charge is -2.68. The van der Waals surface area contributed by atoms with E-state index in [-0.39, 0.29) is 38.4 Å². The van der Waals surface area contributed by atoms with E-state index in [1.165, 1.54) is 20.1 Å². The number of carbonyl (C=O) groups excluding carboxylic acids is 3. The Morgan fingerprint density at radius 1 is 1.16 bits per heavy atom. The van der Waals surface area contributed by atoms with Gasteiger partial charge >= 0.3 is 11.9 Å². The van der Waals surface area contributed by atoms with Crippen LogP contribution in [0.4, 0.5) is 0 Å². The van der Waals surface area contributed by atoms with E-state index in [4.69, 9.17) is 40.0 Å². The van der Waals surface area contributed by atoms with E-state index in [2.05, 4.69) is 0 Å². The summed E-state index contributed by atoms with van der Waals surface area (Å²) in [5.74, 6) is -5.60. The molecule has 0 aromatic heterocycles. The van der Waals surface area contributed by atoms with Crippen molar-refractivity contribution < 1.29 is 58.1 Å². The van der Waals surface area contributed by atoms with Gasteiger partial charge in [-0.1, -0.05) is 18.6 Å². The van der Waals surface area contributed by atoms with Crippen LogP contribution in [0.3, 0.4) is 0 Å². The van der Waals surface area contributed by atoms with Crippen LogP contribution in [0.25, 0.3) is 0 Å². The van der Waals surface area contributed by atoms with Crippen molar-refractivity contribution in [2.45, 2.75) is 119 Å². The molecule has 7 aliphatic rings. The smallest absolute Gasteiger partial charge is 0.331 e. The van der Waals surface area contributed by atoms with Crippen molar-refractivity contribution in [3.05, 3.63) is 23.3 Å². The monoisotopic (exact) mass is 652 g/mol. The van der Waals surface area contributed by atoms with E-state index in [1.807, 2.05) is 19.9 Å². The molecule has 248 valence electrons. The van der Waals surface area contributed by atoms with E-state index in [9.17, 15) is 29.7 Å². The maximum absolute atomic E-state index is 14.8.